The van der Waals surface area contributed by atoms with Crippen molar-refractivity contribution in [2.75, 3.05) is 21.3 Å². The largest absolute Gasteiger partial charge is 0.493 e. The Balaban J connectivity index is 3.31. The molecule has 1 rings (SSSR count). The second kappa shape index (κ2) is 4.50. The van der Waals surface area contributed by atoms with Crippen molar-refractivity contribution in [2.24, 2.45) is 0 Å². The van der Waals surface area contributed by atoms with Gasteiger partial charge in [-0.2, -0.15) is 0 Å². The lowest BCUT2D eigenvalue weighted by Crippen LogP contribution is -1.96. The first kappa shape index (κ1) is 10.4. The molecule has 0 aliphatic carbocycles. The summed E-state index contributed by atoms with van der Waals surface area (Å²) in [6, 6.07) is 4.28. The minimum atomic E-state index is 0.356. The van der Waals surface area contributed by atoms with Gasteiger partial charge in [0.05, 0.1) is 21.3 Å². The highest BCUT2D eigenvalue weighted by molar-refractivity contribution is 5.77. The number of rotatable bonds is 4. The van der Waals surface area contributed by atoms with Gasteiger partial charge in [0.2, 0.25) is 5.75 Å². The molecule has 0 N–H and O–H groups in total. The molecule has 1 aromatic rings. The van der Waals surface area contributed by atoms with E-state index >= 15 is 0 Å². The van der Waals surface area contributed by atoms with Gasteiger partial charge < -0.3 is 14.2 Å². The van der Waals surface area contributed by atoms with E-state index in [2.05, 4.69) is 6.07 Å². The lowest BCUT2D eigenvalue weighted by molar-refractivity contribution is 0.112. The molecular formula is C10H11O4. The number of aldehydes is 1. The summed E-state index contributed by atoms with van der Waals surface area (Å²) in [6.07, 6.45) is 0.671. The molecule has 1 radical (unpaired) electrons. The fraction of sp³-hybridized carbons (Fsp3) is 0.300. The molecule has 0 heterocycles. The maximum atomic E-state index is 10.6. The summed E-state index contributed by atoms with van der Waals surface area (Å²) in [6.45, 7) is 0. The molecule has 4 heteroatoms. The molecule has 0 aromatic heterocycles. The zero-order valence-corrected chi connectivity index (χ0v) is 8.29. The van der Waals surface area contributed by atoms with E-state index in [1.54, 1.807) is 0 Å². The van der Waals surface area contributed by atoms with E-state index < -0.39 is 0 Å². The smallest absolute Gasteiger partial charge is 0.203 e. The lowest BCUT2D eigenvalue weighted by atomic mass is 10.2. The Bertz CT molecular complexity index is 308. The summed E-state index contributed by atoms with van der Waals surface area (Å²) >= 11 is 0. The second-order valence-corrected chi connectivity index (χ2v) is 2.48. The minimum Gasteiger partial charge on any atom is -0.493 e. The molecular weight excluding hydrogens is 184 g/mol. The van der Waals surface area contributed by atoms with Crippen LogP contribution >= 0.6 is 0 Å². The van der Waals surface area contributed by atoms with Crippen LogP contribution in [0.25, 0.3) is 0 Å². The quantitative estimate of drug-likeness (QED) is 0.680. The Hall–Kier alpha value is -1.71. The maximum absolute atomic E-state index is 10.6. The molecule has 0 saturated carbocycles. The van der Waals surface area contributed by atoms with Gasteiger partial charge >= 0.3 is 0 Å². The third-order valence-electron chi connectivity index (χ3n) is 1.73. The van der Waals surface area contributed by atoms with Crippen LogP contribution < -0.4 is 14.2 Å². The van der Waals surface area contributed by atoms with Crippen LogP contribution in [0.15, 0.2) is 6.07 Å². The summed E-state index contributed by atoms with van der Waals surface area (Å²) < 4.78 is 15.1. The molecule has 14 heavy (non-hydrogen) atoms. The minimum absolute atomic E-state index is 0.356. The van der Waals surface area contributed by atoms with Crippen molar-refractivity contribution in [1.82, 2.24) is 0 Å². The second-order valence-electron chi connectivity index (χ2n) is 2.48. The summed E-state index contributed by atoms with van der Waals surface area (Å²) in [7, 11) is 4.46. The Morgan fingerprint density at radius 3 is 2.36 bits per heavy atom. The third kappa shape index (κ3) is 1.79. The topological polar surface area (TPSA) is 44.8 Å². The summed E-state index contributed by atoms with van der Waals surface area (Å²) in [5, 5.41) is 0. The fourth-order valence-corrected chi connectivity index (χ4v) is 1.09. The molecule has 0 aliphatic heterocycles. The van der Waals surface area contributed by atoms with Crippen molar-refractivity contribution in [2.45, 2.75) is 0 Å². The number of carbonyl (C=O) groups excluding carboxylic acids is 1. The van der Waals surface area contributed by atoms with Crippen molar-refractivity contribution in [3.05, 3.63) is 17.7 Å². The van der Waals surface area contributed by atoms with E-state index in [4.69, 9.17) is 14.2 Å². The van der Waals surface area contributed by atoms with Crippen molar-refractivity contribution in [3.8, 4) is 17.2 Å². The van der Waals surface area contributed by atoms with Crippen molar-refractivity contribution >= 4 is 6.29 Å². The van der Waals surface area contributed by atoms with Gasteiger partial charge in [0.15, 0.2) is 17.8 Å². The average molecular weight is 195 g/mol. The maximum Gasteiger partial charge on any atom is 0.203 e. The SMILES string of the molecule is COc1[c]c(C=O)cc(OC)c1OC. The summed E-state index contributed by atoms with van der Waals surface area (Å²) in [5.74, 6) is 1.24. The molecule has 0 amide bonds. The van der Waals surface area contributed by atoms with Gasteiger partial charge in [0.1, 0.15) is 0 Å². The Morgan fingerprint density at radius 2 is 1.93 bits per heavy atom. The number of ether oxygens (including phenoxy) is 3. The lowest BCUT2D eigenvalue weighted by Gasteiger charge is -2.11. The van der Waals surface area contributed by atoms with E-state index in [-0.39, 0.29) is 0 Å². The molecule has 1 aromatic carbocycles. The summed E-state index contributed by atoms with van der Waals surface area (Å²) in [4.78, 5) is 10.6. The molecule has 0 fully saturated rings. The first-order valence-corrected chi connectivity index (χ1v) is 3.94. The first-order valence-electron chi connectivity index (χ1n) is 3.94. The zero-order chi connectivity index (χ0) is 10.6. The van der Waals surface area contributed by atoms with Gasteiger partial charge in [-0.25, -0.2) is 0 Å². The van der Waals surface area contributed by atoms with Gasteiger partial charge in [-0.05, 0) is 6.07 Å². The van der Waals surface area contributed by atoms with Gasteiger partial charge in [0.25, 0.3) is 0 Å². The standard InChI is InChI=1S/C10H11O4/c1-12-8-4-7(6-11)5-9(13-2)10(8)14-3/h4,6H,1-3H3. The van der Waals surface area contributed by atoms with Crippen LogP contribution in [0.2, 0.25) is 0 Å². The molecule has 4 nitrogen and oxygen atoms in total. The highest BCUT2D eigenvalue weighted by Crippen LogP contribution is 2.37. The zero-order valence-electron chi connectivity index (χ0n) is 8.29. The molecule has 0 unspecified atom stereocenters. The van der Waals surface area contributed by atoms with Gasteiger partial charge in [0, 0.05) is 11.6 Å². The van der Waals surface area contributed by atoms with E-state index in [9.17, 15) is 4.79 Å². The van der Waals surface area contributed by atoms with Gasteiger partial charge in [-0.15, -0.1) is 0 Å². The summed E-state index contributed by atoms with van der Waals surface area (Å²) in [5.41, 5.74) is 0.361. The Morgan fingerprint density at radius 1 is 1.21 bits per heavy atom. The number of carbonyl (C=O) groups is 1. The van der Waals surface area contributed by atoms with Crippen LogP contribution in [0.1, 0.15) is 10.4 Å². The van der Waals surface area contributed by atoms with Crippen LogP contribution in [0.4, 0.5) is 0 Å². The van der Waals surface area contributed by atoms with Crippen molar-refractivity contribution in [1.29, 1.82) is 0 Å². The predicted octanol–water partition coefficient (Wildman–Crippen LogP) is 1.33. The van der Waals surface area contributed by atoms with Crippen LogP contribution in [0.3, 0.4) is 0 Å². The van der Waals surface area contributed by atoms with Crippen LogP contribution in [-0.2, 0) is 0 Å². The molecule has 0 spiro atoms. The van der Waals surface area contributed by atoms with Crippen LogP contribution in [0.5, 0.6) is 17.2 Å². The number of hydrogen-bond donors (Lipinski definition) is 0. The van der Waals surface area contributed by atoms with Crippen LogP contribution in [-0.4, -0.2) is 27.6 Å². The van der Waals surface area contributed by atoms with Gasteiger partial charge in [-0.3, -0.25) is 4.79 Å². The average Bonchev–Trinajstić information content (AvgIpc) is 2.26. The predicted molar refractivity (Wildman–Crippen MR) is 50.3 cm³/mol. The molecule has 0 saturated heterocycles. The normalized spacial score (nSPS) is 9.36. The fourth-order valence-electron chi connectivity index (χ4n) is 1.09. The molecule has 0 aliphatic rings. The molecule has 0 atom stereocenters. The number of hydrogen-bond acceptors (Lipinski definition) is 4. The van der Waals surface area contributed by atoms with E-state index in [0.717, 1.165) is 0 Å². The monoisotopic (exact) mass is 195 g/mol. The van der Waals surface area contributed by atoms with E-state index in [1.165, 1.54) is 27.4 Å². The number of methoxy groups -OCH3 is 3. The van der Waals surface area contributed by atoms with E-state index in [1.807, 2.05) is 0 Å². The van der Waals surface area contributed by atoms with Crippen molar-refractivity contribution < 1.29 is 19.0 Å². The van der Waals surface area contributed by atoms with E-state index in [0.29, 0.717) is 29.1 Å². The van der Waals surface area contributed by atoms with Crippen LogP contribution in [0, 0.1) is 6.07 Å². The Kier molecular flexibility index (Phi) is 3.34. The highest BCUT2D eigenvalue weighted by atomic mass is 16.5. The van der Waals surface area contributed by atoms with Crippen molar-refractivity contribution in [3.63, 3.8) is 0 Å². The molecule has 75 valence electrons. The third-order valence-corrected chi connectivity index (χ3v) is 1.73. The first-order chi connectivity index (χ1) is 6.76. The number of benzene rings is 1. The Labute approximate surface area is 82.4 Å². The van der Waals surface area contributed by atoms with Gasteiger partial charge in [-0.1, -0.05) is 0 Å². The molecule has 0 bridgehead atoms. The highest BCUT2D eigenvalue weighted by Gasteiger charge is 2.12.